The predicted molar refractivity (Wildman–Crippen MR) is 85.8 cm³/mol. The number of anilines is 1. The summed E-state index contributed by atoms with van der Waals surface area (Å²) < 4.78 is 16.7. The Hall–Kier alpha value is -1.80. The van der Waals surface area contributed by atoms with Gasteiger partial charge >= 0.3 is 0 Å². The first-order valence-corrected chi connectivity index (χ1v) is 7.90. The van der Waals surface area contributed by atoms with Crippen LogP contribution in [0, 0.1) is 12.7 Å². The molecule has 6 nitrogen and oxygen atoms in total. The Morgan fingerprint density at radius 2 is 2.00 bits per heavy atom. The standard InChI is InChI=1S/C14H14BrFN6/c1-8-18-13-10-6-9(15)7-11(16)12(10)19-14(22(13)20-8)21-4-2-17-3-5-21/h6-7,17H,2-5H2,1H3. The number of nitrogens with one attached hydrogen (secondary N) is 1. The van der Waals surface area contributed by atoms with E-state index in [1.807, 2.05) is 13.0 Å². The molecule has 1 saturated heterocycles. The normalized spacial score (nSPS) is 15.9. The van der Waals surface area contributed by atoms with Gasteiger partial charge in [-0.25, -0.2) is 14.4 Å². The molecule has 0 aliphatic carbocycles. The van der Waals surface area contributed by atoms with Crippen molar-refractivity contribution in [3.05, 3.63) is 28.2 Å². The van der Waals surface area contributed by atoms with Gasteiger partial charge in [-0.15, -0.1) is 5.10 Å². The smallest absolute Gasteiger partial charge is 0.229 e. The molecule has 114 valence electrons. The highest BCUT2D eigenvalue weighted by Gasteiger charge is 2.20. The summed E-state index contributed by atoms with van der Waals surface area (Å²) >= 11 is 3.33. The van der Waals surface area contributed by atoms with E-state index in [9.17, 15) is 4.39 Å². The van der Waals surface area contributed by atoms with Crippen LogP contribution >= 0.6 is 15.9 Å². The molecule has 4 rings (SSSR count). The molecular weight excluding hydrogens is 351 g/mol. The third-order valence-corrected chi connectivity index (χ3v) is 4.24. The number of benzene rings is 1. The van der Waals surface area contributed by atoms with E-state index in [1.54, 1.807) is 4.52 Å². The zero-order chi connectivity index (χ0) is 15.3. The van der Waals surface area contributed by atoms with Crippen molar-refractivity contribution in [3.63, 3.8) is 0 Å². The summed E-state index contributed by atoms with van der Waals surface area (Å²) in [4.78, 5) is 11.1. The molecule has 0 bridgehead atoms. The van der Waals surface area contributed by atoms with Crippen molar-refractivity contribution in [1.82, 2.24) is 24.9 Å². The fourth-order valence-corrected chi connectivity index (χ4v) is 3.23. The van der Waals surface area contributed by atoms with E-state index >= 15 is 0 Å². The van der Waals surface area contributed by atoms with Crippen LogP contribution in [0.5, 0.6) is 0 Å². The van der Waals surface area contributed by atoms with Crippen molar-refractivity contribution < 1.29 is 4.39 Å². The number of hydrogen-bond acceptors (Lipinski definition) is 5. The zero-order valence-electron chi connectivity index (χ0n) is 12.0. The van der Waals surface area contributed by atoms with E-state index in [-0.39, 0.29) is 5.82 Å². The molecule has 1 N–H and O–H groups in total. The van der Waals surface area contributed by atoms with Crippen LogP contribution in [-0.4, -0.2) is 45.8 Å². The van der Waals surface area contributed by atoms with Crippen LogP contribution in [-0.2, 0) is 0 Å². The van der Waals surface area contributed by atoms with E-state index < -0.39 is 0 Å². The molecule has 8 heteroatoms. The summed E-state index contributed by atoms with van der Waals surface area (Å²) in [6.07, 6.45) is 0. The maximum Gasteiger partial charge on any atom is 0.229 e. The van der Waals surface area contributed by atoms with Crippen molar-refractivity contribution in [2.75, 3.05) is 31.1 Å². The first kappa shape index (κ1) is 13.8. The number of rotatable bonds is 1. The maximum absolute atomic E-state index is 14.3. The van der Waals surface area contributed by atoms with E-state index in [0.717, 1.165) is 26.2 Å². The number of nitrogens with zero attached hydrogens (tertiary/aromatic N) is 5. The number of hydrogen-bond donors (Lipinski definition) is 1. The Morgan fingerprint density at radius 1 is 1.23 bits per heavy atom. The molecule has 0 spiro atoms. The second-order valence-corrected chi connectivity index (χ2v) is 6.24. The molecule has 3 aromatic rings. The average molecular weight is 365 g/mol. The largest absolute Gasteiger partial charge is 0.338 e. The molecule has 22 heavy (non-hydrogen) atoms. The maximum atomic E-state index is 14.3. The minimum Gasteiger partial charge on any atom is -0.338 e. The van der Waals surface area contributed by atoms with E-state index in [2.05, 4.69) is 41.2 Å². The second-order valence-electron chi connectivity index (χ2n) is 5.33. The first-order valence-electron chi connectivity index (χ1n) is 7.11. The van der Waals surface area contributed by atoms with Crippen molar-refractivity contribution in [1.29, 1.82) is 0 Å². The quantitative estimate of drug-likeness (QED) is 0.714. The monoisotopic (exact) mass is 364 g/mol. The molecule has 0 saturated carbocycles. The molecule has 2 aromatic heterocycles. The summed E-state index contributed by atoms with van der Waals surface area (Å²) in [6, 6.07) is 3.26. The molecule has 1 aliphatic rings. The lowest BCUT2D eigenvalue weighted by molar-refractivity contribution is 0.574. The Morgan fingerprint density at radius 3 is 2.77 bits per heavy atom. The Kier molecular flexibility index (Phi) is 3.23. The lowest BCUT2D eigenvalue weighted by Crippen LogP contribution is -2.44. The third-order valence-electron chi connectivity index (χ3n) is 3.78. The van der Waals surface area contributed by atoms with Crippen molar-refractivity contribution >= 4 is 38.4 Å². The molecule has 1 aliphatic heterocycles. The van der Waals surface area contributed by atoms with Crippen molar-refractivity contribution in [2.24, 2.45) is 0 Å². The molecular formula is C14H14BrFN6. The molecule has 1 fully saturated rings. The Bertz CT molecular complexity index is 871. The van der Waals surface area contributed by atoms with E-state index in [4.69, 9.17) is 0 Å². The molecule has 0 unspecified atom stereocenters. The molecule has 0 radical (unpaired) electrons. The molecule has 0 amide bonds. The summed E-state index contributed by atoms with van der Waals surface area (Å²) in [5, 5.41) is 8.40. The number of piperazine rings is 1. The molecule has 0 atom stereocenters. The summed E-state index contributed by atoms with van der Waals surface area (Å²) in [5.74, 6) is 0.931. The van der Waals surface area contributed by atoms with Gasteiger partial charge < -0.3 is 10.2 Å². The van der Waals surface area contributed by atoms with Gasteiger partial charge in [0.2, 0.25) is 5.95 Å². The lowest BCUT2D eigenvalue weighted by atomic mass is 10.2. The predicted octanol–water partition coefficient (Wildman–Crippen LogP) is 1.90. The topological polar surface area (TPSA) is 58.4 Å². The van der Waals surface area contributed by atoms with Gasteiger partial charge in [0, 0.05) is 36.0 Å². The molecule has 3 heterocycles. The molecule has 1 aromatic carbocycles. The first-order chi connectivity index (χ1) is 10.6. The number of halogens is 2. The Balaban J connectivity index is 2.06. The average Bonchev–Trinajstić information content (AvgIpc) is 2.89. The number of fused-ring (bicyclic) bond motifs is 3. The van der Waals surface area contributed by atoms with Crippen LogP contribution in [0.1, 0.15) is 5.82 Å². The summed E-state index contributed by atoms with van der Waals surface area (Å²) in [7, 11) is 0. The van der Waals surface area contributed by atoms with Crippen LogP contribution in [0.2, 0.25) is 0 Å². The van der Waals surface area contributed by atoms with Gasteiger partial charge in [0.05, 0.1) is 0 Å². The van der Waals surface area contributed by atoms with Crippen molar-refractivity contribution in [3.8, 4) is 0 Å². The highest BCUT2D eigenvalue weighted by atomic mass is 79.9. The van der Waals surface area contributed by atoms with Gasteiger partial charge in [-0.2, -0.15) is 4.52 Å². The van der Waals surface area contributed by atoms with Crippen LogP contribution < -0.4 is 10.2 Å². The highest BCUT2D eigenvalue weighted by molar-refractivity contribution is 9.10. The van der Waals surface area contributed by atoms with Crippen LogP contribution in [0.15, 0.2) is 16.6 Å². The highest BCUT2D eigenvalue weighted by Crippen LogP contribution is 2.28. The van der Waals surface area contributed by atoms with Crippen molar-refractivity contribution in [2.45, 2.75) is 6.92 Å². The van der Waals surface area contributed by atoms with Crippen LogP contribution in [0.4, 0.5) is 10.3 Å². The minimum absolute atomic E-state index is 0.330. The van der Waals surface area contributed by atoms with Gasteiger partial charge in [0.25, 0.3) is 0 Å². The van der Waals surface area contributed by atoms with Gasteiger partial charge in [0.1, 0.15) is 11.3 Å². The van der Waals surface area contributed by atoms with Gasteiger partial charge in [-0.3, -0.25) is 0 Å². The minimum atomic E-state index is -0.357. The fourth-order valence-electron chi connectivity index (χ4n) is 2.80. The zero-order valence-corrected chi connectivity index (χ0v) is 13.6. The van der Waals surface area contributed by atoms with Crippen LogP contribution in [0.25, 0.3) is 16.6 Å². The second kappa shape index (κ2) is 5.13. The SMILES string of the molecule is Cc1nc2c3cc(Br)cc(F)c3nc(N3CCNCC3)n2n1. The lowest BCUT2D eigenvalue weighted by Gasteiger charge is -2.28. The van der Waals surface area contributed by atoms with Gasteiger partial charge in [-0.05, 0) is 19.1 Å². The van der Waals surface area contributed by atoms with Gasteiger partial charge in [-0.1, -0.05) is 15.9 Å². The Labute approximate surface area is 134 Å². The van der Waals surface area contributed by atoms with Crippen LogP contribution in [0.3, 0.4) is 0 Å². The fraction of sp³-hybridized carbons (Fsp3) is 0.357. The number of aryl methyl sites for hydroxylation is 1. The van der Waals surface area contributed by atoms with E-state index in [1.165, 1.54) is 6.07 Å². The number of aromatic nitrogens is 4. The van der Waals surface area contributed by atoms with E-state index in [0.29, 0.717) is 32.8 Å². The summed E-state index contributed by atoms with van der Waals surface area (Å²) in [5.41, 5.74) is 0.966. The van der Waals surface area contributed by atoms with Gasteiger partial charge in [0.15, 0.2) is 11.5 Å². The third kappa shape index (κ3) is 2.14. The summed E-state index contributed by atoms with van der Waals surface area (Å²) in [6.45, 7) is 5.19.